The third kappa shape index (κ3) is 3.33. The molecule has 0 radical (unpaired) electrons. The summed E-state index contributed by atoms with van der Waals surface area (Å²) in [4.78, 5) is 10.3. The molecule has 0 aromatic carbocycles. The van der Waals surface area contributed by atoms with Crippen molar-refractivity contribution in [3.8, 4) is 11.3 Å². The van der Waals surface area contributed by atoms with Gasteiger partial charge in [-0.3, -0.25) is 5.01 Å². The maximum Gasteiger partial charge on any atom is 0.248 e. The van der Waals surface area contributed by atoms with Gasteiger partial charge < -0.3 is 10.8 Å². The number of hydrogen-bond donors (Lipinski definition) is 3. The van der Waals surface area contributed by atoms with Crippen LogP contribution in [0.1, 0.15) is 23.8 Å². The molecule has 1 aliphatic rings. The van der Waals surface area contributed by atoms with Gasteiger partial charge in [-0.05, 0) is 24.3 Å². The van der Waals surface area contributed by atoms with Crippen LogP contribution in [-0.4, -0.2) is 28.0 Å². The summed E-state index contributed by atoms with van der Waals surface area (Å²) < 4.78 is 26.1. The van der Waals surface area contributed by atoms with Crippen molar-refractivity contribution >= 4 is 33.1 Å². The first-order valence-electron chi connectivity index (χ1n) is 8.44. The highest BCUT2D eigenvalue weighted by molar-refractivity contribution is 7.18. The van der Waals surface area contributed by atoms with Crippen LogP contribution in [0.15, 0.2) is 30.5 Å². The van der Waals surface area contributed by atoms with Crippen LogP contribution >= 0.6 is 11.3 Å². The van der Waals surface area contributed by atoms with Crippen molar-refractivity contribution in [2.75, 3.05) is 17.8 Å². The molecule has 1 aliphatic carbocycles. The first-order chi connectivity index (χ1) is 12.7. The second-order valence-electron chi connectivity index (χ2n) is 6.96. The minimum atomic E-state index is -2.65. The fraction of sp³-hybridized carbons (Fsp3) is 0.333. The van der Waals surface area contributed by atoms with Crippen LogP contribution in [0.2, 0.25) is 0 Å². The molecule has 1 fully saturated rings. The molecule has 0 aliphatic heterocycles. The normalized spacial score (nSPS) is 17.7. The Labute approximate surface area is 158 Å². The number of anilines is 2. The fourth-order valence-corrected chi connectivity index (χ4v) is 4.43. The first kappa shape index (κ1) is 18.0. The lowest BCUT2D eigenvalue weighted by atomic mass is 9.77. The summed E-state index contributed by atoms with van der Waals surface area (Å²) in [6.07, 6.45) is 0.217. The molecule has 3 aromatic rings. The Morgan fingerprint density at radius 2 is 2.07 bits per heavy atom. The van der Waals surface area contributed by atoms with Gasteiger partial charge in [0.1, 0.15) is 4.83 Å². The molecule has 5 N–H and O–H groups in total. The average molecular weight is 391 g/mol. The Bertz CT molecular complexity index is 999. The van der Waals surface area contributed by atoms with Gasteiger partial charge in [0.25, 0.3) is 0 Å². The summed E-state index contributed by atoms with van der Waals surface area (Å²) in [6.45, 7) is 0. The predicted molar refractivity (Wildman–Crippen MR) is 102 cm³/mol. The molecule has 1 saturated carbocycles. The van der Waals surface area contributed by atoms with Gasteiger partial charge in [0.05, 0.1) is 17.5 Å². The standard InChI is InChI=1S/C18H19F2N5OS/c1-25(22)16-12(21)4-10(8-23-16)13-3-2-9-5-14(27-17(9)24-13)15(26)11-6-18(19,20)7-11/h2-5,8,11,15,26H,6-7,21-22H2,1H3. The van der Waals surface area contributed by atoms with Gasteiger partial charge >= 0.3 is 0 Å². The SMILES string of the molecule is CN(N)c1ncc(-c2ccc3cc(C(O)C4CC(F)(F)C4)sc3n2)cc1N. The number of aromatic nitrogens is 2. The van der Waals surface area contributed by atoms with E-state index < -0.39 is 17.9 Å². The quantitative estimate of drug-likeness (QED) is 0.466. The van der Waals surface area contributed by atoms with Crippen molar-refractivity contribution in [2.45, 2.75) is 24.9 Å². The van der Waals surface area contributed by atoms with Gasteiger partial charge in [-0.25, -0.2) is 24.6 Å². The summed E-state index contributed by atoms with van der Waals surface area (Å²) in [5, 5.41) is 12.6. The molecule has 1 unspecified atom stereocenters. The minimum Gasteiger partial charge on any atom is -0.396 e. The lowest BCUT2D eigenvalue weighted by Gasteiger charge is -2.37. The van der Waals surface area contributed by atoms with Crippen molar-refractivity contribution < 1.29 is 13.9 Å². The number of fused-ring (bicyclic) bond motifs is 1. The molecular formula is C18H19F2N5OS. The molecule has 6 nitrogen and oxygen atoms in total. The van der Waals surface area contributed by atoms with E-state index in [0.717, 1.165) is 15.8 Å². The number of nitrogens with two attached hydrogens (primary N) is 2. The molecule has 0 saturated heterocycles. The van der Waals surface area contributed by atoms with Crippen LogP contribution in [0.4, 0.5) is 20.3 Å². The van der Waals surface area contributed by atoms with E-state index in [0.29, 0.717) is 22.1 Å². The zero-order valence-corrected chi connectivity index (χ0v) is 15.4. The van der Waals surface area contributed by atoms with E-state index in [4.69, 9.17) is 11.6 Å². The fourth-order valence-electron chi connectivity index (χ4n) is 3.32. The lowest BCUT2D eigenvalue weighted by Crippen LogP contribution is -2.38. The van der Waals surface area contributed by atoms with Gasteiger partial charge in [0.2, 0.25) is 5.92 Å². The Morgan fingerprint density at radius 3 is 2.70 bits per heavy atom. The predicted octanol–water partition coefficient (Wildman–Crippen LogP) is 3.33. The van der Waals surface area contributed by atoms with Gasteiger partial charge in [-0.2, -0.15) is 0 Å². The summed E-state index contributed by atoms with van der Waals surface area (Å²) in [6, 6.07) is 7.29. The Kier molecular flexibility index (Phi) is 4.25. The zero-order chi connectivity index (χ0) is 19.3. The van der Waals surface area contributed by atoms with Crippen LogP contribution in [0.5, 0.6) is 0 Å². The highest BCUT2D eigenvalue weighted by atomic mass is 32.1. The number of thiophene rings is 1. The number of hydrazine groups is 1. The monoisotopic (exact) mass is 391 g/mol. The van der Waals surface area contributed by atoms with Crippen molar-refractivity contribution in [3.05, 3.63) is 35.3 Å². The molecule has 1 atom stereocenters. The summed E-state index contributed by atoms with van der Waals surface area (Å²) in [7, 11) is 1.65. The molecule has 27 heavy (non-hydrogen) atoms. The molecule has 0 bridgehead atoms. The summed E-state index contributed by atoms with van der Waals surface area (Å²) in [5.41, 5.74) is 7.86. The Hall–Kier alpha value is -2.36. The van der Waals surface area contributed by atoms with E-state index in [2.05, 4.69) is 9.97 Å². The van der Waals surface area contributed by atoms with Gasteiger partial charge in [-0.15, -0.1) is 11.3 Å². The summed E-state index contributed by atoms with van der Waals surface area (Å²) in [5.74, 6) is 3.09. The maximum atomic E-state index is 13.1. The number of nitrogen functional groups attached to an aromatic ring is 1. The maximum absolute atomic E-state index is 13.1. The van der Waals surface area contributed by atoms with Gasteiger partial charge in [-0.1, -0.05) is 0 Å². The lowest BCUT2D eigenvalue weighted by molar-refractivity contribution is -0.141. The van der Waals surface area contributed by atoms with E-state index >= 15 is 0 Å². The van der Waals surface area contributed by atoms with Crippen LogP contribution in [0, 0.1) is 5.92 Å². The molecule has 3 aromatic heterocycles. The van der Waals surface area contributed by atoms with Gasteiger partial charge in [0.15, 0.2) is 5.82 Å². The third-order valence-electron chi connectivity index (χ3n) is 4.79. The molecule has 9 heteroatoms. The second kappa shape index (κ2) is 6.36. The van der Waals surface area contributed by atoms with E-state index in [1.165, 1.54) is 16.3 Å². The number of aliphatic hydroxyl groups excluding tert-OH is 1. The van der Waals surface area contributed by atoms with Crippen molar-refractivity contribution in [3.63, 3.8) is 0 Å². The number of nitrogens with zero attached hydrogens (tertiary/aromatic N) is 3. The number of pyridine rings is 2. The average Bonchev–Trinajstić information content (AvgIpc) is 3.01. The Morgan fingerprint density at radius 1 is 1.33 bits per heavy atom. The van der Waals surface area contributed by atoms with Crippen LogP contribution < -0.4 is 16.6 Å². The topological polar surface area (TPSA) is 101 Å². The zero-order valence-electron chi connectivity index (χ0n) is 14.6. The number of halogens is 2. The van der Waals surface area contributed by atoms with Gasteiger partial charge in [0, 0.05) is 47.8 Å². The van der Waals surface area contributed by atoms with Crippen LogP contribution in [0.25, 0.3) is 21.5 Å². The molecule has 0 amide bonds. The van der Waals surface area contributed by atoms with Crippen molar-refractivity contribution in [1.29, 1.82) is 0 Å². The third-order valence-corrected chi connectivity index (χ3v) is 5.90. The van der Waals surface area contributed by atoms with E-state index in [1.54, 1.807) is 19.3 Å². The largest absolute Gasteiger partial charge is 0.396 e. The highest BCUT2D eigenvalue weighted by Crippen LogP contribution is 2.49. The molecule has 142 valence electrons. The van der Waals surface area contributed by atoms with E-state index in [-0.39, 0.29) is 12.8 Å². The van der Waals surface area contributed by atoms with E-state index in [9.17, 15) is 13.9 Å². The van der Waals surface area contributed by atoms with E-state index in [1.807, 2.05) is 18.2 Å². The second-order valence-corrected chi connectivity index (χ2v) is 8.02. The number of rotatable bonds is 4. The molecular weight excluding hydrogens is 372 g/mol. The number of alkyl halides is 2. The first-order valence-corrected chi connectivity index (χ1v) is 9.26. The molecule has 3 heterocycles. The highest BCUT2D eigenvalue weighted by Gasteiger charge is 2.48. The van der Waals surface area contributed by atoms with Crippen LogP contribution in [-0.2, 0) is 0 Å². The van der Waals surface area contributed by atoms with Crippen LogP contribution in [0.3, 0.4) is 0 Å². The van der Waals surface area contributed by atoms with Crippen molar-refractivity contribution in [1.82, 2.24) is 9.97 Å². The minimum absolute atomic E-state index is 0.270. The smallest absolute Gasteiger partial charge is 0.248 e. The molecule has 0 spiro atoms. The number of aliphatic hydroxyl groups is 1. The Balaban J connectivity index is 1.62. The van der Waals surface area contributed by atoms with Crippen molar-refractivity contribution in [2.24, 2.45) is 11.8 Å². The summed E-state index contributed by atoms with van der Waals surface area (Å²) >= 11 is 1.32. The number of hydrogen-bond acceptors (Lipinski definition) is 7. The molecule has 4 rings (SSSR count).